The molecule has 2 aromatic heterocycles. The lowest BCUT2D eigenvalue weighted by Crippen LogP contribution is -2.24. The number of amides is 1. The highest BCUT2D eigenvalue weighted by molar-refractivity contribution is 6.31. The summed E-state index contributed by atoms with van der Waals surface area (Å²) >= 11 is 6.06. The zero-order valence-corrected chi connectivity index (χ0v) is 15.6. The van der Waals surface area contributed by atoms with Gasteiger partial charge in [0.05, 0.1) is 16.7 Å². The first-order valence-electron chi connectivity index (χ1n) is 8.66. The average molecular weight is 396 g/mol. The number of hydrogen-bond donors (Lipinski definition) is 1. The summed E-state index contributed by atoms with van der Waals surface area (Å²) in [6.07, 6.45) is 3.06. The molecule has 0 spiro atoms. The summed E-state index contributed by atoms with van der Waals surface area (Å²) in [7, 11) is 0. The zero-order chi connectivity index (χ0) is 19.8. The second kappa shape index (κ2) is 7.05. The van der Waals surface area contributed by atoms with Gasteiger partial charge in [0, 0.05) is 34.7 Å². The van der Waals surface area contributed by atoms with E-state index in [1.165, 1.54) is 18.3 Å². The fourth-order valence-electron chi connectivity index (χ4n) is 3.21. The van der Waals surface area contributed by atoms with Crippen LogP contribution in [-0.2, 0) is 6.54 Å². The molecule has 0 unspecified atom stereocenters. The summed E-state index contributed by atoms with van der Waals surface area (Å²) < 4.78 is 15.4. The second-order valence-electron chi connectivity index (χ2n) is 6.29. The van der Waals surface area contributed by atoms with Crippen LogP contribution in [0, 0.1) is 5.82 Å². The molecule has 2 heterocycles. The Morgan fingerprint density at radius 1 is 1.18 bits per heavy atom. The van der Waals surface area contributed by atoms with E-state index in [1.807, 2.05) is 6.92 Å². The van der Waals surface area contributed by atoms with Crippen LogP contribution < -0.4 is 10.7 Å². The normalized spacial score (nSPS) is 11.1. The van der Waals surface area contributed by atoms with Crippen LogP contribution in [-0.4, -0.2) is 15.5 Å². The monoisotopic (exact) mass is 395 g/mol. The van der Waals surface area contributed by atoms with Crippen molar-refractivity contribution in [2.45, 2.75) is 13.5 Å². The van der Waals surface area contributed by atoms with Crippen molar-refractivity contribution in [3.63, 3.8) is 0 Å². The number of fused-ring (bicyclic) bond motifs is 2. The van der Waals surface area contributed by atoms with Crippen molar-refractivity contribution < 1.29 is 9.18 Å². The van der Waals surface area contributed by atoms with Crippen molar-refractivity contribution in [3.8, 4) is 0 Å². The molecule has 4 aromatic rings. The van der Waals surface area contributed by atoms with Crippen LogP contribution in [0.3, 0.4) is 0 Å². The van der Waals surface area contributed by atoms with Crippen LogP contribution in [0.25, 0.3) is 21.8 Å². The topological polar surface area (TPSA) is 64.0 Å². The van der Waals surface area contributed by atoms with Crippen molar-refractivity contribution in [1.29, 1.82) is 0 Å². The molecule has 7 heteroatoms. The minimum absolute atomic E-state index is 0.0630. The van der Waals surface area contributed by atoms with E-state index in [0.29, 0.717) is 33.7 Å². The second-order valence-corrected chi connectivity index (χ2v) is 6.73. The lowest BCUT2D eigenvalue weighted by atomic mass is 10.1. The van der Waals surface area contributed by atoms with E-state index in [9.17, 15) is 14.0 Å². The Hall–Kier alpha value is -3.25. The molecule has 0 bridgehead atoms. The van der Waals surface area contributed by atoms with Crippen molar-refractivity contribution in [3.05, 3.63) is 81.5 Å². The van der Waals surface area contributed by atoms with Gasteiger partial charge in [-0.2, -0.15) is 0 Å². The zero-order valence-electron chi connectivity index (χ0n) is 14.9. The maximum absolute atomic E-state index is 13.7. The van der Waals surface area contributed by atoms with Crippen molar-refractivity contribution in [1.82, 2.24) is 9.55 Å². The van der Waals surface area contributed by atoms with E-state index in [-0.39, 0.29) is 10.9 Å². The van der Waals surface area contributed by atoms with Gasteiger partial charge in [0.1, 0.15) is 11.4 Å². The third-order valence-corrected chi connectivity index (χ3v) is 4.81. The molecule has 0 aliphatic rings. The number of nitrogens with one attached hydrogen (secondary N) is 1. The Kier molecular flexibility index (Phi) is 4.57. The molecule has 0 fully saturated rings. The fourth-order valence-corrected chi connectivity index (χ4v) is 3.38. The SMILES string of the molecule is CCn1cc(C(=O)Nc2ccnc3ccc(Cl)cc23)c(=O)c2cc(F)ccc21. The molecule has 0 aliphatic heterocycles. The number of hydrogen-bond acceptors (Lipinski definition) is 3. The number of pyridine rings is 2. The Labute approximate surface area is 164 Å². The third kappa shape index (κ3) is 3.12. The van der Waals surface area contributed by atoms with Crippen LogP contribution in [0.5, 0.6) is 0 Å². The number of carbonyl (C=O) groups is 1. The molecule has 4 rings (SSSR count). The van der Waals surface area contributed by atoms with E-state index >= 15 is 0 Å². The number of benzene rings is 2. The summed E-state index contributed by atoms with van der Waals surface area (Å²) in [5.74, 6) is -1.11. The van der Waals surface area contributed by atoms with Crippen molar-refractivity contribution in [2.75, 3.05) is 5.32 Å². The molecule has 0 radical (unpaired) electrons. The van der Waals surface area contributed by atoms with E-state index < -0.39 is 17.2 Å². The minimum Gasteiger partial charge on any atom is -0.347 e. The number of aryl methyl sites for hydroxylation is 1. The lowest BCUT2D eigenvalue weighted by Gasteiger charge is -2.13. The lowest BCUT2D eigenvalue weighted by molar-refractivity contribution is 0.102. The first-order valence-corrected chi connectivity index (χ1v) is 9.04. The summed E-state index contributed by atoms with van der Waals surface area (Å²) in [4.78, 5) is 30.0. The van der Waals surface area contributed by atoms with Gasteiger partial charge >= 0.3 is 0 Å². The van der Waals surface area contributed by atoms with Crippen LogP contribution in [0.15, 0.2) is 59.7 Å². The molecule has 1 N–H and O–H groups in total. The molecule has 5 nitrogen and oxygen atoms in total. The Morgan fingerprint density at radius 2 is 2.00 bits per heavy atom. The largest absolute Gasteiger partial charge is 0.347 e. The summed E-state index contributed by atoms with van der Waals surface area (Å²) in [6.45, 7) is 2.41. The van der Waals surface area contributed by atoms with Crippen LogP contribution >= 0.6 is 11.6 Å². The first-order chi connectivity index (χ1) is 13.5. The molecule has 28 heavy (non-hydrogen) atoms. The predicted octanol–water partition coefficient (Wildman–Crippen LogP) is 4.61. The van der Waals surface area contributed by atoms with Gasteiger partial charge in [0.2, 0.25) is 5.43 Å². The van der Waals surface area contributed by atoms with E-state index in [2.05, 4.69) is 10.3 Å². The third-order valence-electron chi connectivity index (χ3n) is 4.58. The Balaban J connectivity index is 1.83. The number of halogens is 2. The molecule has 1 amide bonds. The van der Waals surface area contributed by atoms with Gasteiger partial charge < -0.3 is 9.88 Å². The quantitative estimate of drug-likeness (QED) is 0.550. The van der Waals surface area contributed by atoms with Crippen molar-refractivity contribution in [2.24, 2.45) is 0 Å². The maximum Gasteiger partial charge on any atom is 0.261 e. The molecular formula is C21H15ClFN3O2. The highest BCUT2D eigenvalue weighted by Crippen LogP contribution is 2.25. The van der Waals surface area contributed by atoms with Gasteiger partial charge in [-0.05, 0) is 49.4 Å². The number of nitrogens with zero attached hydrogens (tertiary/aromatic N) is 2. The van der Waals surface area contributed by atoms with E-state index in [0.717, 1.165) is 6.07 Å². The number of carbonyl (C=O) groups excluding carboxylic acids is 1. The molecule has 0 saturated carbocycles. The van der Waals surface area contributed by atoms with Crippen LogP contribution in [0.2, 0.25) is 5.02 Å². The van der Waals surface area contributed by atoms with Gasteiger partial charge in [0.15, 0.2) is 0 Å². The number of rotatable bonds is 3. The van der Waals surface area contributed by atoms with E-state index in [1.54, 1.807) is 35.0 Å². The maximum atomic E-state index is 13.7. The molecule has 0 atom stereocenters. The smallest absolute Gasteiger partial charge is 0.261 e. The van der Waals surface area contributed by atoms with Gasteiger partial charge in [-0.3, -0.25) is 14.6 Å². The first kappa shape index (κ1) is 18.1. The van der Waals surface area contributed by atoms with Crippen LogP contribution in [0.4, 0.5) is 10.1 Å². The highest BCUT2D eigenvalue weighted by atomic mass is 35.5. The molecule has 140 valence electrons. The van der Waals surface area contributed by atoms with Gasteiger partial charge in [-0.1, -0.05) is 11.6 Å². The molecule has 0 saturated heterocycles. The molecular weight excluding hydrogens is 381 g/mol. The Bertz CT molecular complexity index is 1300. The number of aromatic nitrogens is 2. The van der Waals surface area contributed by atoms with Crippen molar-refractivity contribution >= 4 is 45.0 Å². The Morgan fingerprint density at radius 3 is 2.79 bits per heavy atom. The fraction of sp³-hybridized carbons (Fsp3) is 0.0952. The van der Waals surface area contributed by atoms with Crippen LogP contribution in [0.1, 0.15) is 17.3 Å². The highest BCUT2D eigenvalue weighted by Gasteiger charge is 2.17. The molecule has 2 aromatic carbocycles. The summed E-state index contributed by atoms with van der Waals surface area (Å²) in [5.41, 5.74) is 1.14. The van der Waals surface area contributed by atoms with Gasteiger partial charge in [-0.15, -0.1) is 0 Å². The average Bonchev–Trinajstić information content (AvgIpc) is 2.69. The summed E-state index contributed by atoms with van der Waals surface area (Å²) in [5, 5.41) is 4.08. The van der Waals surface area contributed by atoms with E-state index in [4.69, 9.17) is 11.6 Å². The number of anilines is 1. The standard InChI is InChI=1S/C21H15ClFN3O2/c1-2-26-11-16(20(27)15-10-13(23)4-6-19(15)26)21(28)25-18-7-8-24-17-5-3-12(22)9-14(17)18/h3-11H,2H2,1H3,(H,24,25,28). The molecule has 0 aliphatic carbocycles. The minimum atomic E-state index is -0.578. The van der Waals surface area contributed by atoms with Gasteiger partial charge in [-0.25, -0.2) is 4.39 Å². The van der Waals surface area contributed by atoms with Gasteiger partial charge in [0.25, 0.3) is 5.91 Å². The predicted molar refractivity (Wildman–Crippen MR) is 109 cm³/mol. The summed E-state index contributed by atoms with van der Waals surface area (Å²) in [6, 6.07) is 10.8.